The fraction of sp³-hybridized carbons (Fsp3) is 0.400. The number of nitro benzene ring substituents is 2. The average Bonchev–Trinajstić information content (AvgIpc) is 2.29. The van der Waals surface area contributed by atoms with E-state index in [0.717, 1.165) is 6.07 Å². The SMILES string of the molecule is Nc1cc([N+](=O)[O-])c([N+](=O)[O-])c2c1OCCCCO2. The summed E-state index contributed by atoms with van der Waals surface area (Å²) in [6, 6.07) is 0.919. The van der Waals surface area contributed by atoms with Gasteiger partial charge < -0.3 is 15.2 Å². The summed E-state index contributed by atoms with van der Waals surface area (Å²) in [4.78, 5) is 20.2. The first-order valence-corrected chi connectivity index (χ1v) is 5.53. The van der Waals surface area contributed by atoms with Crippen molar-refractivity contribution in [2.45, 2.75) is 12.8 Å². The van der Waals surface area contributed by atoms with E-state index in [0.29, 0.717) is 19.4 Å². The van der Waals surface area contributed by atoms with Crippen molar-refractivity contribution in [3.63, 3.8) is 0 Å². The van der Waals surface area contributed by atoms with E-state index in [1.807, 2.05) is 0 Å². The molecule has 9 heteroatoms. The Hall–Kier alpha value is -2.58. The molecule has 0 spiro atoms. The smallest absolute Gasteiger partial charge is 0.391 e. The molecule has 0 saturated heterocycles. The van der Waals surface area contributed by atoms with Gasteiger partial charge in [-0.15, -0.1) is 0 Å². The van der Waals surface area contributed by atoms with Crippen molar-refractivity contribution in [3.8, 4) is 11.5 Å². The number of nitro groups is 2. The van der Waals surface area contributed by atoms with Gasteiger partial charge in [0.1, 0.15) is 0 Å². The Labute approximate surface area is 107 Å². The van der Waals surface area contributed by atoms with Gasteiger partial charge >= 0.3 is 11.4 Å². The summed E-state index contributed by atoms with van der Waals surface area (Å²) < 4.78 is 10.5. The lowest BCUT2D eigenvalue weighted by molar-refractivity contribution is -0.423. The summed E-state index contributed by atoms with van der Waals surface area (Å²) in [5.41, 5.74) is 4.16. The van der Waals surface area contributed by atoms with Gasteiger partial charge in [0.15, 0.2) is 5.75 Å². The highest BCUT2D eigenvalue weighted by atomic mass is 16.6. The number of rotatable bonds is 2. The summed E-state index contributed by atoms with van der Waals surface area (Å²) in [6.07, 6.45) is 1.35. The second-order valence-electron chi connectivity index (χ2n) is 3.91. The second-order valence-corrected chi connectivity index (χ2v) is 3.91. The monoisotopic (exact) mass is 269 g/mol. The highest BCUT2D eigenvalue weighted by Gasteiger charge is 2.35. The van der Waals surface area contributed by atoms with Crippen molar-refractivity contribution in [1.82, 2.24) is 0 Å². The number of nitrogen functional groups attached to an aromatic ring is 1. The fourth-order valence-electron chi connectivity index (χ4n) is 1.79. The van der Waals surface area contributed by atoms with Crippen LogP contribution in [0, 0.1) is 20.2 Å². The van der Waals surface area contributed by atoms with Gasteiger partial charge in [-0.1, -0.05) is 0 Å². The molecule has 2 rings (SSSR count). The lowest BCUT2D eigenvalue weighted by Gasteiger charge is -2.17. The second kappa shape index (κ2) is 4.96. The Kier molecular flexibility index (Phi) is 3.36. The molecule has 0 radical (unpaired) electrons. The highest BCUT2D eigenvalue weighted by molar-refractivity contribution is 5.76. The summed E-state index contributed by atoms with van der Waals surface area (Å²) >= 11 is 0. The number of benzene rings is 1. The van der Waals surface area contributed by atoms with Gasteiger partial charge in [-0.25, -0.2) is 0 Å². The molecule has 1 heterocycles. The molecular formula is C10H11N3O6. The van der Waals surface area contributed by atoms with Crippen molar-refractivity contribution >= 4 is 17.1 Å². The van der Waals surface area contributed by atoms with Crippen molar-refractivity contribution in [3.05, 3.63) is 26.3 Å². The van der Waals surface area contributed by atoms with E-state index >= 15 is 0 Å². The van der Waals surface area contributed by atoms with Crippen LogP contribution in [-0.2, 0) is 0 Å². The van der Waals surface area contributed by atoms with E-state index in [1.54, 1.807) is 0 Å². The quantitative estimate of drug-likeness (QED) is 0.490. The lowest BCUT2D eigenvalue weighted by Crippen LogP contribution is -2.12. The van der Waals surface area contributed by atoms with Crippen molar-refractivity contribution in [2.24, 2.45) is 0 Å². The molecule has 1 aromatic carbocycles. The van der Waals surface area contributed by atoms with E-state index in [9.17, 15) is 20.2 Å². The lowest BCUT2D eigenvalue weighted by atomic mass is 10.2. The zero-order chi connectivity index (χ0) is 14.0. The molecule has 0 atom stereocenters. The standard InChI is InChI=1S/C10H11N3O6/c11-6-5-7(12(14)15)8(13(16)17)10-9(6)18-3-1-2-4-19-10/h5H,1-4,11H2. The Morgan fingerprint density at radius 3 is 2.16 bits per heavy atom. The minimum absolute atomic E-state index is 0.00278. The first kappa shape index (κ1) is 12.9. The zero-order valence-electron chi connectivity index (χ0n) is 9.83. The molecule has 19 heavy (non-hydrogen) atoms. The highest BCUT2D eigenvalue weighted by Crippen LogP contribution is 2.48. The predicted molar refractivity (Wildman–Crippen MR) is 64.4 cm³/mol. The molecule has 2 N–H and O–H groups in total. The van der Waals surface area contributed by atoms with Crippen LogP contribution in [0.3, 0.4) is 0 Å². The van der Waals surface area contributed by atoms with E-state index in [1.165, 1.54) is 0 Å². The van der Waals surface area contributed by atoms with Gasteiger partial charge in [-0.3, -0.25) is 20.2 Å². The largest absolute Gasteiger partial charge is 0.487 e. The molecule has 9 nitrogen and oxygen atoms in total. The van der Waals surface area contributed by atoms with Gasteiger partial charge in [-0.2, -0.15) is 0 Å². The fourth-order valence-corrected chi connectivity index (χ4v) is 1.79. The van der Waals surface area contributed by atoms with Crippen LogP contribution in [0.4, 0.5) is 17.1 Å². The van der Waals surface area contributed by atoms with Gasteiger partial charge in [0.2, 0.25) is 5.75 Å². The number of fused-ring (bicyclic) bond motifs is 1. The van der Waals surface area contributed by atoms with Crippen LogP contribution < -0.4 is 15.2 Å². The van der Waals surface area contributed by atoms with Gasteiger partial charge in [0.25, 0.3) is 0 Å². The van der Waals surface area contributed by atoms with E-state index in [-0.39, 0.29) is 23.8 Å². The van der Waals surface area contributed by atoms with Crippen LogP contribution in [0.1, 0.15) is 12.8 Å². The van der Waals surface area contributed by atoms with E-state index in [2.05, 4.69) is 0 Å². The molecule has 1 aliphatic heterocycles. The van der Waals surface area contributed by atoms with Gasteiger partial charge in [0, 0.05) is 0 Å². The van der Waals surface area contributed by atoms with Crippen LogP contribution in [0.5, 0.6) is 11.5 Å². The number of anilines is 1. The van der Waals surface area contributed by atoms with Gasteiger partial charge in [0.05, 0.1) is 34.8 Å². The Morgan fingerprint density at radius 2 is 1.63 bits per heavy atom. The number of hydrogen-bond donors (Lipinski definition) is 1. The molecule has 1 aliphatic rings. The Bertz CT molecular complexity index is 545. The van der Waals surface area contributed by atoms with E-state index in [4.69, 9.17) is 15.2 Å². The molecule has 1 aromatic rings. The maximum Gasteiger partial charge on any atom is 0.391 e. The van der Waals surface area contributed by atoms with Crippen LogP contribution in [-0.4, -0.2) is 23.1 Å². The maximum atomic E-state index is 11.0. The Morgan fingerprint density at radius 1 is 1.05 bits per heavy atom. The average molecular weight is 269 g/mol. The number of ether oxygens (including phenoxy) is 2. The third-order valence-corrected chi connectivity index (χ3v) is 2.63. The third kappa shape index (κ3) is 2.34. The number of hydrogen-bond acceptors (Lipinski definition) is 7. The van der Waals surface area contributed by atoms with Crippen LogP contribution in [0.15, 0.2) is 6.07 Å². The first-order chi connectivity index (χ1) is 9.02. The Balaban J connectivity index is 2.69. The molecule has 0 saturated carbocycles. The van der Waals surface area contributed by atoms with Crippen molar-refractivity contribution in [1.29, 1.82) is 0 Å². The van der Waals surface area contributed by atoms with Crippen molar-refractivity contribution < 1.29 is 19.3 Å². The number of nitrogens with zero attached hydrogens (tertiary/aromatic N) is 2. The molecule has 0 bridgehead atoms. The minimum atomic E-state index is -0.864. The maximum absolute atomic E-state index is 11.0. The molecule has 0 amide bonds. The zero-order valence-corrected chi connectivity index (χ0v) is 9.83. The van der Waals surface area contributed by atoms with E-state index < -0.39 is 21.2 Å². The molecule has 102 valence electrons. The molecule has 0 aliphatic carbocycles. The van der Waals surface area contributed by atoms with Gasteiger partial charge in [-0.05, 0) is 12.8 Å². The summed E-state index contributed by atoms with van der Waals surface area (Å²) in [7, 11) is 0. The summed E-state index contributed by atoms with van der Waals surface area (Å²) in [5.74, 6) is -0.270. The predicted octanol–water partition coefficient (Wildman–Crippen LogP) is 1.64. The summed E-state index contributed by atoms with van der Waals surface area (Å²) in [5, 5.41) is 21.9. The van der Waals surface area contributed by atoms with Crippen LogP contribution in [0.25, 0.3) is 0 Å². The van der Waals surface area contributed by atoms with Crippen LogP contribution >= 0.6 is 0 Å². The van der Waals surface area contributed by atoms with Crippen LogP contribution in [0.2, 0.25) is 0 Å². The molecule has 0 unspecified atom stereocenters. The molecule has 0 fully saturated rings. The molecular weight excluding hydrogens is 258 g/mol. The summed E-state index contributed by atoms with van der Waals surface area (Å²) in [6.45, 7) is 0.549. The normalized spacial score (nSPS) is 14.3. The molecule has 0 aromatic heterocycles. The van der Waals surface area contributed by atoms with Crippen molar-refractivity contribution in [2.75, 3.05) is 18.9 Å². The first-order valence-electron chi connectivity index (χ1n) is 5.53. The topological polar surface area (TPSA) is 131 Å². The third-order valence-electron chi connectivity index (χ3n) is 2.63. The minimum Gasteiger partial charge on any atom is -0.487 e. The number of nitrogens with two attached hydrogens (primary N) is 1.